The minimum atomic E-state index is 0.774. The molecule has 0 aliphatic rings. The van der Waals surface area contributed by atoms with Crippen LogP contribution in [0.3, 0.4) is 0 Å². The second kappa shape index (κ2) is 4.26. The second-order valence-corrected chi connectivity index (χ2v) is 5.19. The number of rotatable bonds is 2. The first-order valence-corrected chi connectivity index (χ1v) is 5.76. The monoisotopic (exact) mass is 241 g/mol. The molecule has 0 radical (unpaired) electrons. The number of thiazole rings is 1. The third-order valence-corrected chi connectivity index (χ3v) is 3.31. The summed E-state index contributed by atoms with van der Waals surface area (Å²) in [5, 5.41) is 0.774. The Hall–Kier alpha value is -0.640. The van der Waals surface area contributed by atoms with E-state index in [1.165, 1.54) is 10.4 Å². The van der Waals surface area contributed by atoms with Crippen LogP contribution in [0.2, 0.25) is 5.02 Å². The van der Waals surface area contributed by atoms with Crippen molar-refractivity contribution in [3.63, 3.8) is 0 Å². The molecule has 1 nitrogen and oxygen atoms in total. The van der Waals surface area contributed by atoms with E-state index in [9.17, 15) is 0 Å². The summed E-state index contributed by atoms with van der Waals surface area (Å²) < 4.78 is 0.828. The molecule has 2 aromatic rings. The third kappa shape index (κ3) is 2.44. The van der Waals surface area contributed by atoms with Crippen molar-refractivity contribution in [3.8, 4) is 0 Å². The van der Waals surface area contributed by atoms with Gasteiger partial charge in [0, 0.05) is 22.5 Å². The molecule has 2 rings (SSSR count). The summed E-state index contributed by atoms with van der Waals surface area (Å²) in [5.74, 6) is 0. The Morgan fingerprint density at radius 2 is 2.00 bits per heavy atom. The van der Waals surface area contributed by atoms with E-state index in [1.54, 1.807) is 11.3 Å². The van der Waals surface area contributed by atoms with Gasteiger partial charge in [-0.25, -0.2) is 0 Å². The topological polar surface area (TPSA) is 15.8 Å². The molecule has 0 saturated carbocycles. The van der Waals surface area contributed by atoms with Gasteiger partial charge in [0.25, 0.3) is 0 Å². The Kier molecular flexibility index (Phi) is 3.01. The normalized spacial score (nSPS) is 10.4. The fourth-order valence-corrected chi connectivity index (χ4v) is 2.43. The van der Waals surface area contributed by atoms with E-state index < -0.39 is 0 Å². The lowest BCUT2D eigenvalue weighted by molar-refractivity contribution is 1.22. The van der Waals surface area contributed by atoms with Gasteiger partial charge in [0.05, 0.1) is 0 Å². The molecule has 0 saturated heterocycles. The molecule has 14 heavy (non-hydrogen) atoms. The number of hydrogen-bond donors (Lipinski definition) is 1. The maximum atomic E-state index is 5.80. The molecule has 1 aromatic carbocycles. The van der Waals surface area contributed by atoms with Crippen molar-refractivity contribution in [1.82, 2.24) is 4.98 Å². The fourth-order valence-electron chi connectivity index (χ4n) is 1.21. The Bertz CT molecular complexity index is 469. The van der Waals surface area contributed by atoms with E-state index in [4.69, 9.17) is 23.8 Å². The van der Waals surface area contributed by atoms with Crippen molar-refractivity contribution >= 4 is 35.2 Å². The van der Waals surface area contributed by atoms with Crippen molar-refractivity contribution in [3.05, 3.63) is 49.9 Å². The highest BCUT2D eigenvalue weighted by atomic mass is 35.5. The molecule has 0 aliphatic heterocycles. The van der Waals surface area contributed by atoms with Crippen molar-refractivity contribution in [1.29, 1.82) is 0 Å². The van der Waals surface area contributed by atoms with Crippen molar-refractivity contribution in [2.24, 2.45) is 0 Å². The van der Waals surface area contributed by atoms with E-state index in [-0.39, 0.29) is 0 Å². The summed E-state index contributed by atoms with van der Waals surface area (Å²) in [6, 6.07) is 7.88. The summed E-state index contributed by atoms with van der Waals surface area (Å²) in [7, 11) is 0. The fraction of sp³-hybridized carbons (Fsp3) is 0.100. The Balaban J connectivity index is 2.19. The molecular formula is C10H8ClNS2. The van der Waals surface area contributed by atoms with Crippen molar-refractivity contribution < 1.29 is 0 Å². The highest BCUT2D eigenvalue weighted by molar-refractivity contribution is 7.73. The predicted octanol–water partition coefficient (Wildman–Crippen LogP) is 4.05. The summed E-state index contributed by atoms with van der Waals surface area (Å²) in [4.78, 5) is 4.26. The molecule has 4 heteroatoms. The second-order valence-electron chi connectivity index (χ2n) is 2.95. The van der Waals surface area contributed by atoms with Crippen molar-refractivity contribution in [2.45, 2.75) is 6.42 Å². The molecule has 0 spiro atoms. The number of aromatic nitrogens is 1. The van der Waals surface area contributed by atoms with Crippen LogP contribution in [0.4, 0.5) is 0 Å². The van der Waals surface area contributed by atoms with E-state index >= 15 is 0 Å². The quantitative estimate of drug-likeness (QED) is 0.785. The molecule has 1 N–H and O–H groups in total. The minimum absolute atomic E-state index is 0.774. The molecule has 1 aromatic heterocycles. The van der Waals surface area contributed by atoms with Gasteiger partial charge in [0.2, 0.25) is 0 Å². The smallest absolute Gasteiger partial charge is 0.158 e. The summed E-state index contributed by atoms with van der Waals surface area (Å²) in [6.07, 6.45) is 2.87. The molecular weight excluding hydrogens is 234 g/mol. The Morgan fingerprint density at radius 3 is 2.57 bits per heavy atom. The average molecular weight is 242 g/mol. The first kappa shape index (κ1) is 9.90. The van der Waals surface area contributed by atoms with Gasteiger partial charge in [0.15, 0.2) is 3.95 Å². The van der Waals surface area contributed by atoms with E-state index in [0.717, 1.165) is 15.4 Å². The van der Waals surface area contributed by atoms with Gasteiger partial charge in [0.1, 0.15) is 0 Å². The first-order chi connectivity index (χ1) is 6.74. The zero-order chi connectivity index (χ0) is 9.97. The Labute approximate surface area is 96.4 Å². The molecule has 0 atom stereocenters. The van der Waals surface area contributed by atoms with E-state index in [2.05, 4.69) is 4.98 Å². The van der Waals surface area contributed by atoms with Gasteiger partial charge in [-0.3, -0.25) is 0 Å². The van der Waals surface area contributed by atoms with Gasteiger partial charge in [-0.1, -0.05) is 23.7 Å². The minimum Gasteiger partial charge on any atom is -0.343 e. The van der Waals surface area contributed by atoms with Crippen LogP contribution in [0.1, 0.15) is 10.4 Å². The number of benzene rings is 1. The molecule has 1 heterocycles. The van der Waals surface area contributed by atoms with E-state index in [1.807, 2.05) is 30.5 Å². The maximum Gasteiger partial charge on any atom is 0.158 e. The number of hydrogen-bond acceptors (Lipinski definition) is 2. The van der Waals surface area contributed by atoms with Gasteiger partial charge in [-0.05, 0) is 29.9 Å². The summed E-state index contributed by atoms with van der Waals surface area (Å²) >= 11 is 12.4. The van der Waals surface area contributed by atoms with Crippen LogP contribution >= 0.6 is 35.2 Å². The largest absolute Gasteiger partial charge is 0.343 e. The average Bonchev–Trinajstić information content (AvgIpc) is 2.56. The van der Waals surface area contributed by atoms with Gasteiger partial charge in [-0.15, -0.1) is 11.3 Å². The molecule has 0 amide bonds. The molecule has 0 fully saturated rings. The lowest BCUT2D eigenvalue weighted by Crippen LogP contribution is -1.82. The first-order valence-electron chi connectivity index (χ1n) is 4.16. The Morgan fingerprint density at radius 1 is 1.29 bits per heavy atom. The highest BCUT2D eigenvalue weighted by Crippen LogP contribution is 2.16. The zero-order valence-corrected chi connectivity index (χ0v) is 9.68. The van der Waals surface area contributed by atoms with Crippen LogP contribution in [0.25, 0.3) is 0 Å². The van der Waals surface area contributed by atoms with Crippen LogP contribution < -0.4 is 0 Å². The zero-order valence-electron chi connectivity index (χ0n) is 7.29. The number of aromatic amines is 1. The van der Waals surface area contributed by atoms with Gasteiger partial charge < -0.3 is 4.98 Å². The van der Waals surface area contributed by atoms with Gasteiger partial charge in [-0.2, -0.15) is 0 Å². The SMILES string of the molecule is S=c1[nH]cc(Cc2ccc(Cl)cc2)s1. The van der Waals surface area contributed by atoms with Crippen LogP contribution in [0.15, 0.2) is 30.5 Å². The highest BCUT2D eigenvalue weighted by Gasteiger charge is 1.98. The van der Waals surface area contributed by atoms with Crippen LogP contribution in [-0.2, 0) is 6.42 Å². The predicted molar refractivity (Wildman–Crippen MR) is 63.8 cm³/mol. The lowest BCUT2D eigenvalue weighted by atomic mass is 10.1. The van der Waals surface area contributed by atoms with Crippen LogP contribution in [0.5, 0.6) is 0 Å². The van der Waals surface area contributed by atoms with Crippen LogP contribution in [-0.4, -0.2) is 4.98 Å². The van der Waals surface area contributed by atoms with Gasteiger partial charge >= 0.3 is 0 Å². The van der Waals surface area contributed by atoms with Crippen molar-refractivity contribution in [2.75, 3.05) is 0 Å². The molecule has 72 valence electrons. The lowest BCUT2D eigenvalue weighted by Gasteiger charge is -1.97. The molecule has 0 aliphatic carbocycles. The van der Waals surface area contributed by atoms with E-state index in [0.29, 0.717) is 0 Å². The molecule has 0 unspecified atom stereocenters. The number of nitrogens with one attached hydrogen (secondary N) is 1. The third-order valence-electron chi connectivity index (χ3n) is 1.87. The summed E-state index contributed by atoms with van der Waals surface area (Å²) in [5.41, 5.74) is 1.25. The number of H-pyrrole nitrogens is 1. The summed E-state index contributed by atoms with van der Waals surface area (Å²) in [6.45, 7) is 0. The maximum absolute atomic E-state index is 5.80. The standard InChI is InChI=1S/C10H8ClNS2/c11-8-3-1-7(2-4-8)5-9-6-12-10(13)14-9/h1-4,6H,5H2,(H,12,13). The number of halogens is 1. The van der Waals surface area contributed by atoms with Crippen LogP contribution in [0, 0.1) is 3.95 Å². The molecule has 0 bridgehead atoms.